The number of hydrogen-bond donors (Lipinski definition) is 1. The zero-order valence-corrected chi connectivity index (χ0v) is 12.0. The first-order chi connectivity index (χ1) is 9.10. The maximum Gasteiger partial charge on any atom is 0.241 e. The van der Waals surface area contributed by atoms with Gasteiger partial charge in [0.2, 0.25) is 5.91 Å². The number of carbonyl (C=O) groups excluding carboxylic acids is 1. The van der Waals surface area contributed by atoms with E-state index in [1.807, 2.05) is 36.1 Å². The molecule has 0 aromatic heterocycles. The van der Waals surface area contributed by atoms with Crippen LogP contribution >= 0.6 is 0 Å². The summed E-state index contributed by atoms with van der Waals surface area (Å²) in [5.74, 6) is 1.27. The van der Waals surface area contributed by atoms with Crippen molar-refractivity contribution >= 4 is 5.91 Å². The number of amides is 1. The zero-order valence-electron chi connectivity index (χ0n) is 12.0. The molecule has 2 atom stereocenters. The van der Waals surface area contributed by atoms with Gasteiger partial charge in [0.25, 0.3) is 0 Å². The van der Waals surface area contributed by atoms with Crippen LogP contribution in [0.15, 0.2) is 24.3 Å². The number of likely N-dealkylation sites (N-methyl/N-ethyl adjacent to an activating group) is 1. The lowest BCUT2D eigenvalue weighted by atomic mass is 10.1. The van der Waals surface area contributed by atoms with Gasteiger partial charge in [-0.2, -0.15) is 0 Å². The summed E-state index contributed by atoms with van der Waals surface area (Å²) in [5.41, 5.74) is 1.02. The summed E-state index contributed by atoms with van der Waals surface area (Å²) >= 11 is 0. The average molecular weight is 262 g/mol. The van der Waals surface area contributed by atoms with Gasteiger partial charge < -0.3 is 9.64 Å². The van der Waals surface area contributed by atoms with Crippen molar-refractivity contribution in [3.63, 3.8) is 0 Å². The van der Waals surface area contributed by atoms with Gasteiger partial charge >= 0.3 is 0 Å². The van der Waals surface area contributed by atoms with Crippen molar-refractivity contribution in [2.75, 3.05) is 13.7 Å². The first-order valence-corrected chi connectivity index (χ1v) is 6.79. The molecule has 2 unspecified atom stereocenters. The number of nitrogens with zero attached hydrogens (tertiary/aromatic N) is 1. The van der Waals surface area contributed by atoms with Crippen molar-refractivity contribution in [1.29, 1.82) is 0 Å². The average Bonchev–Trinajstić information content (AvgIpc) is 2.75. The Labute approximate surface area is 114 Å². The second-order valence-electron chi connectivity index (χ2n) is 5.16. The molecule has 0 bridgehead atoms. The van der Waals surface area contributed by atoms with E-state index in [4.69, 9.17) is 4.74 Å². The van der Waals surface area contributed by atoms with Gasteiger partial charge in [-0.1, -0.05) is 32.0 Å². The largest absolute Gasteiger partial charge is 0.496 e. The molecule has 0 saturated carbocycles. The van der Waals surface area contributed by atoms with E-state index in [0.29, 0.717) is 6.54 Å². The lowest BCUT2D eigenvalue weighted by Gasteiger charge is -2.24. The Kier molecular flexibility index (Phi) is 4.10. The van der Waals surface area contributed by atoms with Crippen molar-refractivity contribution in [3.8, 4) is 5.75 Å². The first-order valence-electron chi connectivity index (χ1n) is 6.79. The maximum absolute atomic E-state index is 12.4. The van der Waals surface area contributed by atoms with E-state index in [2.05, 4.69) is 19.2 Å². The third-order valence-corrected chi connectivity index (χ3v) is 3.64. The summed E-state index contributed by atoms with van der Waals surface area (Å²) in [6.07, 6.45) is -0.0963. The van der Waals surface area contributed by atoms with Gasteiger partial charge in [-0.15, -0.1) is 0 Å². The molecule has 0 radical (unpaired) electrons. The maximum atomic E-state index is 12.4. The molecule has 1 fully saturated rings. The topological polar surface area (TPSA) is 41.6 Å². The highest BCUT2D eigenvalue weighted by Gasteiger charge is 2.40. The molecule has 104 valence electrons. The van der Waals surface area contributed by atoms with Crippen LogP contribution in [0.5, 0.6) is 5.75 Å². The smallest absolute Gasteiger partial charge is 0.241 e. The molecule has 2 rings (SSSR count). The number of carbonyl (C=O) groups is 1. The molecule has 1 amide bonds. The van der Waals surface area contributed by atoms with Crippen LogP contribution in [0.2, 0.25) is 0 Å². The van der Waals surface area contributed by atoms with E-state index in [1.54, 1.807) is 7.11 Å². The van der Waals surface area contributed by atoms with Crippen LogP contribution in [-0.2, 0) is 4.79 Å². The fourth-order valence-electron chi connectivity index (χ4n) is 2.60. The Morgan fingerprint density at radius 1 is 1.37 bits per heavy atom. The van der Waals surface area contributed by atoms with Gasteiger partial charge in [-0.3, -0.25) is 10.1 Å². The van der Waals surface area contributed by atoms with E-state index in [0.717, 1.165) is 11.3 Å². The fraction of sp³-hybridized carbons (Fsp3) is 0.533. The van der Waals surface area contributed by atoms with E-state index >= 15 is 0 Å². The second-order valence-corrected chi connectivity index (χ2v) is 5.16. The molecule has 1 aliphatic heterocycles. The normalized spacial score (nSPS) is 23.2. The number of ether oxygens (including phenoxy) is 1. The Hall–Kier alpha value is -1.55. The van der Waals surface area contributed by atoms with Crippen LogP contribution in [0, 0.1) is 5.92 Å². The van der Waals surface area contributed by atoms with Crippen LogP contribution < -0.4 is 10.1 Å². The van der Waals surface area contributed by atoms with Crippen LogP contribution in [0.25, 0.3) is 0 Å². The Bertz CT molecular complexity index is 459. The van der Waals surface area contributed by atoms with E-state index in [-0.39, 0.29) is 24.0 Å². The molecule has 19 heavy (non-hydrogen) atoms. The van der Waals surface area contributed by atoms with Crippen molar-refractivity contribution in [3.05, 3.63) is 29.8 Å². The number of para-hydroxylation sites is 1. The molecule has 1 aromatic rings. The first kappa shape index (κ1) is 13.9. The standard InChI is InChI=1S/C15H22N2O2/c1-5-17-14(16-13(10(2)3)15(17)18)11-8-6-7-9-12(11)19-4/h6-10,13-14,16H,5H2,1-4H3. The Balaban J connectivity index is 2.36. The van der Waals surface area contributed by atoms with Gasteiger partial charge in [-0.05, 0) is 18.9 Å². The quantitative estimate of drug-likeness (QED) is 0.904. The third kappa shape index (κ3) is 2.45. The molecular formula is C15H22N2O2. The lowest BCUT2D eigenvalue weighted by Crippen LogP contribution is -2.34. The van der Waals surface area contributed by atoms with Crippen molar-refractivity contribution in [2.45, 2.75) is 33.0 Å². The summed E-state index contributed by atoms with van der Waals surface area (Å²) in [5, 5.41) is 3.43. The van der Waals surface area contributed by atoms with E-state index in [1.165, 1.54) is 0 Å². The molecule has 1 aromatic carbocycles. The Morgan fingerprint density at radius 3 is 2.63 bits per heavy atom. The van der Waals surface area contributed by atoms with Crippen LogP contribution in [0.4, 0.5) is 0 Å². The highest BCUT2D eigenvalue weighted by molar-refractivity contribution is 5.85. The van der Waals surface area contributed by atoms with Crippen LogP contribution in [0.1, 0.15) is 32.5 Å². The number of methoxy groups -OCH3 is 1. The summed E-state index contributed by atoms with van der Waals surface area (Å²) in [6, 6.07) is 7.73. The van der Waals surface area contributed by atoms with Crippen molar-refractivity contribution in [1.82, 2.24) is 10.2 Å². The molecule has 0 spiro atoms. The van der Waals surface area contributed by atoms with Gasteiger partial charge in [0.1, 0.15) is 11.9 Å². The second kappa shape index (κ2) is 5.61. The van der Waals surface area contributed by atoms with Gasteiger partial charge in [0.05, 0.1) is 13.2 Å². The minimum absolute atomic E-state index is 0.0963. The lowest BCUT2D eigenvalue weighted by molar-refractivity contribution is -0.130. The summed E-state index contributed by atoms with van der Waals surface area (Å²) in [6.45, 7) is 6.82. The predicted molar refractivity (Wildman–Crippen MR) is 74.9 cm³/mol. The molecule has 1 heterocycles. The predicted octanol–water partition coefficient (Wildman–Crippen LogP) is 2.17. The SMILES string of the molecule is CCN1C(=O)C(C(C)C)NC1c1ccccc1OC. The third-order valence-electron chi connectivity index (χ3n) is 3.64. The number of hydrogen-bond acceptors (Lipinski definition) is 3. The highest BCUT2D eigenvalue weighted by atomic mass is 16.5. The van der Waals surface area contributed by atoms with Crippen LogP contribution in [0.3, 0.4) is 0 Å². The number of rotatable bonds is 4. The molecule has 4 heteroatoms. The fourth-order valence-corrected chi connectivity index (χ4v) is 2.60. The summed E-state index contributed by atoms with van der Waals surface area (Å²) in [4.78, 5) is 14.3. The number of benzene rings is 1. The monoisotopic (exact) mass is 262 g/mol. The highest BCUT2D eigenvalue weighted by Crippen LogP contribution is 2.32. The van der Waals surface area contributed by atoms with Crippen LogP contribution in [-0.4, -0.2) is 30.5 Å². The van der Waals surface area contributed by atoms with Gasteiger partial charge in [0, 0.05) is 12.1 Å². The molecule has 1 N–H and O–H groups in total. The minimum atomic E-state index is -0.116. The summed E-state index contributed by atoms with van der Waals surface area (Å²) in [7, 11) is 1.66. The zero-order chi connectivity index (χ0) is 14.0. The van der Waals surface area contributed by atoms with Crippen molar-refractivity contribution in [2.24, 2.45) is 5.92 Å². The molecule has 4 nitrogen and oxygen atoms in total. The molecule has 1 saturated heterocycles. The molecular weight excluding hydrogens is 240 g/mol. The summed E-state index contributed by atoms with van der Waals surface area (Å²) < 4.78 is 5.40. The molecule has 0 aliphatic carbocycles. The van der Waals surface area contributed by atoms with Gasteiger partial charge in [0.15, 0.2) is 0 Å². The minimum Gasteiger partial charge on any atom is -0.496 e. The van der Waals surface area contributed by atoms with Crippen molar-refractivity contribution < 1.29 is 9.53 Å². The Morgan fingerprint density at radius 2 is 2.05 bits per heavy atom. The molecule has 1 aliphatic rings. The van der Waals surface area contributed by atoms with E-state index < -0.39 is 0 Å². The number of nitrogens with one attached hydrogen (secondary N) is 1. The van der Waals surface area contributed by atoms with Gasteiger partial charge in [-0.25, -0.2) is 0 Å². The van der Waals surface area contributed by atoms with E-state index in [9.17, 15) is 4.79 Å².